The van der Waals surface area contributed by atoms with Crippen molar-refractivity contribution in [1.29, 1.82) is 0 Å². The van der Waals surface area contributed by atoms with Crippen LogP contribution in [0, 0.1) is 10.1 Å². The van der Waals surface area contributed by atoms with Crippen molar-refractivity contribution in [3.63, 3.8) is 0 Å². The molecule has 0 aliphatic rings. The summed E-state index contributed by atoms with van der Waals surface area (Å²) in [6, 6.07) is 17.2. The summed E-state index contributed by atoms with van der Waals surface area (Å²) in [7, 11) is 0. The standard InChI is InChI=1S/C22H17Cl2N3O4S/c1-13(21(28)26-20-11-15(23)7-10-19(20)24)32-18-4-2-3-16(12-18)25-22(29)14-5-8-17(9-6-14)27(30)31/h2-13H,1H3,(H,25,29)(H,26,28). The van der Waals surface area contributed by atoms with Gasteiger partial charge in [-0.25, -0.2) is 0 Å². The third kappa shape index (κ3) is 6.23. The summed E-state index contributed by atoms with van der Waals surface area (Å²) >= 11 is 13.4. The van der Waals surface area contributed by atoms with Crippen molar-refractivity contribution < 1.29 is 14.5 Å². The fourth-order valence-corrected chi connectivity index (χ4v) is 3.93. The minimum atomic E-state index is -0.528. The van der Waals surface area contributed by atoms with E-state index in [4.69, 9.17) is 23.2 Å². The first-order chi connectivity index (χ1) is 15.2. The van der Waals surface area contributed by atoms with Gasteiger partial charge in [-0.15, -0.1) is 11.8 Å². The number of carbonyl (C=O) groups excluding carboxylic acids is 2. The lowest BCUT2D eigenvalue weighted by atomic mass is 10.2. The van der Waals surface area contributed by atoms with Gasteiger partial charge >= 0.3 is 0 Å². The van der Waals surface area contributed by atoms with Crippen molar-refractivity contribution in [1.82, 2.24) is 0 Å². The molecule has 0 bridgehead atoms. The quantitative estimate of drug-likeness (QED) is 0.231. The van der Waals surface area contributed by atoms with Crippen LogP contribution in [-0.2, 0) is 4.79 Å². The fraction of sp³-hybridized carbons (Fsp3) is 0.0909. The van der Waals surface area contributed by atoms with Crippen molar-refractivity contribution in [2.75, 3.05) is 10.6 Å². The number of hydrogen-bond donors (Lipinski definition) is 2. The van der Waals surface area contributed by atoms with Crippen LogP contribution in [0.5, 0.6) is 0 Å². The van der Waals surface area contributed by atoms with Crippen LogP contribution in [0.25, 0.3) is 0 Å². The highest BCUT2D eigenvalue weighted by Gasteiger charge is 2.17. The number of nitro benzene ring substituents is 1. The Morgan fingerprint density at radius 3 is 2.41 bits per heavy atom. The first-order valence-electron chi connectivity index (χ1n) is 9.31. The molecule has 2 N–H and O–H groups in total. The van der Waals surface area contributed by atoms with Gasteiger partial charge in [0, 0.05) is 33.3 Å². The minimum Gasteiger partial charge on any atom is -0.324 e. The zero-order valence-electron chi connectivity index (χ0n) is 16.7. The van der Waals surface area contributed by atoms with Crippen LogP contribution in [-0.4, -0.2) is 22.0 Å². The van der Waals surface area contributed by atoms with E-state index in [1.165, 1.54) is 36.0 Å². The molecule has 0 aliphatic heterocycles. The third-order valence-corrected chi connectivity index (χ3v) is 5.96. The fourth-order valence-electron chi connectivity index (χ4n) is 2.67. The van der Waals surface area contributed by atoms with Gasteiger partial charge in [0.05, 0.1) is 20.9 Å². The number of carbonyl (C=O) groups is 2. The summed E-state index contributed by atoms with van der Waals surface area (Å²) in [6.07, 6.45) is 0. The molecule has 3 rings (SSSR count). The number of nitrogens with zero attached hydrogens (tertiary/aromatic N) is 1. The number of nitrogens with one attached hydrogen (secondary N) is 2. The molecule has 0 aromatic heterocycles. The van der Waals surface area contributed by atoms with E-state index < -0.39 is 16.1 Å². The van der Waals surface area contributed by atoms with Gasteiger partial charge in [-0.3, -0.25) is 19.7 Å². The second kappa shape index (κ2) is 10.5. The van der Waals surface area contributed by atoms with Gasteiger partial charge in [0.2, 0.25) is 5.91 Å². The summed E-state index contributed by atoms with van der Waals surface area (Å²) in [5, 5.41) is 16.6. The molecular formula is C22H17Cl2N3O4S. The summed E-state index contributed by atoms with van der Waals surface area (Å²) in [5.74, 6) is -0.650. The molecule has 164 valence electrons. The number of non-ortho nitro benzene ring substituents is 1. The van der Waals surface area contributed by atoms with Crippen LogP contribution in [0.2, 0.25) is 10.0 Å². The number of nitro groups is 1. The maximum Gasteiger partial charge on any atom is 0.269 e. The predicted molar refractivity (Wildman–Crippen MR) is 128 cm³/mol. The maximum absolute atomic E-state index is 12.6. The van der Waals surface area contributed by atoms with Gasteiger partial charge in [-0.2, -0.15) is 0 Å². The van der Waals surface area contributed by atoms with Crippen LogP contribution in [0.4, 0.5) is 17.1 Å². The van der Waals surface area contributed by atoms with E-state index in [1.807, 2.05) is 6.07 Å². The SMILES string of the molecule is CC(Sc1cccc(NC(=O)c2ccc([N+](=O)[O-])cc2)c1)C(=O)Nc1cc(Cl)ccc1Cl. The number of halogens is 2. The Morgan fingerprint density at radius 1 is 1.00 bits per heavy atom. The molecule has 0 spiro atoms. The van der Waals surface area contributed by atoms with Crippen LogP contribution in [0.15, 0.2) is 71.6 Å². The number of hydrogen-bond acceptors (Lipinski definition) is 5. The zero-order chi connectivity index (χ0) is 23.3. The molecule has 7 nitrogen and oxygen atoms in total. The van der Waals surface area contributed by atoms with Gasteiger partial charge in [0.25, 0.3) is 11.6 Å². The Labute approximate surface area is 198 Å². The molecule has 0 aliphatic carbocycles. The predicted octanol–water partition coefficient (Wildman–Crippen LogP) is 6.27. The lowest BCUT2D eigenvalue weighted by molar-refractivity contribution is -0.384. The first-order valence-corrected chi connectivity index (χ1v) is 10.9. The minimum absolute atomic E-state index is 0.0914. The van der Waals surface area contributed by atoms with E-state index >= 15 is 0 Å². The van der Waals surface area contributed by atoms with Crippen LogP contribution in [0.1, 0.15) is 17.3 Å². The molecule has 0 radical (unpaired) electrons. The highest BCUT2D eigenvalue weighted by atomic mass is 35.5. The summed E-state index contributed by atoms with van der Waals surface area (Å²) in [4.78, 5) is 36.0. The molecule has 0 heterocycles. The molecule has 1 atom stereocenters. The topological polar surface area (TPSA) is 101 Å². The van der Waals surface area contributed by atoms with Crippen molar-refractivity contribution in [2.45, 2.75) is 17.1 Å². The van der Waals surface area contributed by atoms with E-state index in [0.717, 1.165) is 4.90 Å². The molecule has 3 aromatic carbocycles. The lowest BCUT2D eigenvalue weighted by Crippen LogP contribution is -2.22. The van der Waals surface area contributed by atoms with Crippen molar-refractivity contribution in [3.8, 4) is 0 Å². The normalized spacial score (nSPS) is 11.5. The first kappa shape index (κ1) is 23.6. The Bertz CT molecular complexity index is 1170. The van der Waals surface area contributed by atoms with E-state index in [0.29, 0.717) is 27.0 Å². The summed E-state index contributed by atoms with van der Waals surface area (Å²) < 4.78 is 0. The van der Waals surface area contributed by atoms with Crippen LogP contribution in [0.3, 0.4) is 0 Å². The largest absolute Gasteiger partial charge is 0.324 e. The molecule has 0 saturated carbocycles. The van der Waals surface area contributed by atoms with Crippen molar-refractivity contribution in [3.05, 3.63) is 92.5 Å². The Hall–Kier alpha value is -3.07. The van der Waals surface area contributed by atoms with Gasteiger partial charge in [0.15, 0.2) is 0 Å². The second-order valence-corrected chi connectivity index (χ2v) is 8.92. The number of thioether (sulfide) groups is 1. The Kier molecular flexibility index (Phi) is 7.74. The molecule has 10 heteroatoms. The van der Waals surface area contributed by atoms with Gasteiger partial charge in [0.1, 0.15) is 0 Å². The number of anilines is 2. The molecule has 1 unspecified atom stereocenters. The average Bonchev–Trinajstić information content (AvgIpc) is 2.76. The Morgan fingerprint density at radius 2 is 1.72 bits per heavy atom. The van der Waals surface area contributed by atoms with Gasteiger partial charge in [-0.05, 0) is 55.5 Å². The number of benzene rings is 3. The Balaban J connectivity index is 1.63. The monoisotopic (exact) mass is 489 g/mol. The van der Waals surface area contributed by atoms with Crippen molar-refractivity contribution >= 4 is 63.8 Å². The smallest absolute Gasteiger partial charge is 0.269 e. The highest BCUT2D eigenvalue weighted by Crippen LogP contribution is 2.29. The molecular weight excluding hydrogens is 473 g/mol. The average molecular weight is 490 g/mol. The van der Waals surface area contributed by atoms with Gasteiger partial charge < -0.3 is 10.6 Å². The number of amides is 2. The van der Waals surface area contributed by atoms with E-state index in [9.17, 15) is 19.7 Å². The third-order valence-electron chi connectivity index (χ3n) is 4.30. The summed E-state index contributed by atoms with van der Waals surface area (Å²) in [6.45, 7) is 1.75. The van der Waals surface area contributed by atoms with Crippen LogP contribution < -0.4 is 10.6 Å². The molecule has 32 heavy (non-hydrogen) atoms. The molecule has 0 fully saturated rings. The molecule has 3 aromatic rings. The van der Waals surface area contributed by atoms with E-state index in [1.54, 1.807) is 43.3 Å². The van der Waals surface area contributed by atoms with Crippen LogP contribution >= 0.6 is 35.0 Å². The molecule has 0 saturated heterocycles. The maximum atomic E-state index is 12.6. The number of rotatable bonds is 7. The second-order valence-electron chi connectivity index (χ2n) is 6.66. The lowest BCUT2D eigenvalue weighted by Gasteiger charge is -2.14. The summed E-state index contributed by atoms with van der Waals surface area (Å²) in [5.41, 5.74) is 1.16. The zero-order valence-corrected chi connectivity index (χ0v) is 19.0. The van der Waals surface area contributed by atoms with Gasteiger partial charge in [-0.1, -0.05) is 29.3 Å². The molecule has 2 amide bonds. The van der Waals surface area contributed by atoms with E-state index in [-0.39, 0.29) is 11.6 Å². The van der Waals surface area contributed by atoms with Crippen molar-refractivity contribution in [2.24, 2.45) is 0 Å². The van der Waals surface area contributed by atoms with E-state index in [2.05, 4.69) is 10.6 Å². The highest BCUT2D eigenvalue weighted by molar-refractivity contribution is 8.00.